The van der Waals surface area contributed by atoms with Crippen LogP contribution in [-0.4, -0.2) is 28.1 Å². The molecule has 0 bridgehead atoms. The van der Waals surface area contributed by atoms with Crippen molar-refractivity contribution >= 4 is 46.3 Å². The van der Waals surface area contributed by atoms with Gasteiger partial charge in [-0.2, -0.15) is 0 Å². The molecular weight excluding hydrogens is 392 g/mol. The zero-order chi connectivity index (χ0) is 19.6. The molecule has 0 spiro atoms. The maximum atomic E-state index is 12.6. The second kappa shape index (κ2) is 7.81. The summed E-state index contributed by atoms with van der Waals surface area (Å²) in [4.78, 5) is 36.6. The van der Waals surface area contributed by atoms with Crippen LogP contribution >= 0.6 is 23.4 Å². The van der Waals surface area contributed by atoms with Crippen molar-refractivity contribution in [2.75, 3.05) is 7.11 Å². The van der Waals surface area contributed by atoms with E-state index in [2.05, 4.69) is 0 Å². The standard InChI is InChI=1S/C18H13ClN2O5S/c1-26-15-7-6-14(21(24)25)8-12(15)9-16-17(22)20(18(23)27-16)10-11-2-4-13(19)5-3-11/h2-9H,10H2,1H3/b16-9+. The number of rotatable bonds is 5. The van der Waals surface area contributed by atoms with Crippen molar-refractivity contribution in [3.63, 3.8) is 0 Å². The van der Waals surface area contributed by atoms with Crippen molar-refractivity contribution in [3.8, 4) is 5.75 Å². The van der Waals surface area contributed by atoms with Gasteiger partial charge in [-0.3, -0.25) is 24.6 Å². The number of amides is 2. The molecule has 0 radical (unpaired) electrons. The summed E-state index contributed by atoms with van der Waals surface area (Å²) in [7, 11) is 1.42. The number of benzene rings is 2. The molecule has 2 amide bonds. The van der Waals surface area contributed by atoms with Gasteiger partial charge in [-0.1, -0.05) is 23.7 Å². The van der Waals surface area contributed by atoms with Crippen LogP contribution in [0.5, 0.6) is 5.75 Å². The van der Waals surface area contributed by atoms with E-state index >= 15 is 0 Å². The van der Waals surface area contributed by atoms with E-state index in [1.807, 2.05) is 0 Å². The monoisotopic (exact) mass is 404 g/mol. The molecule has 0 N–H and O–H groups in total. The van der Waals surface area contributed by atoms with Gasteiger partial charge in [-0.25, -0.2) is 0 Å². The molecule has 9 heteroatoms. The van der Waals surface area contributed by atoms with E-state index in [1.165, 1.54) is 31.4 Å². The number of hydrogen-bond donors (Lipinski definition) is 0. The highest BCUT2D eigenvalue weighted by Crippen LogP contribution is 2.35. The Bertz CT molecular complexity index is 959. The molecule has 3 rings (SSSR count). The Morgan fingerprint density at radius 2 is 1.93 bits per heavy atom. The van der Waals surface area contributed by atoms with Crippen molar-refractivity contribution in [1.82, 2.24) is 4.90 Å². The molecule has 27 heavy (non-hydrogen) atoms. The van der Waals surface area contributed by atoms with E-state index in [0.717, 1.165) is 22.2 Å². The summed E-state index contributed by atoms with van der Waals surface area (Å²) >= 11 is 6.62. The lowest BCUT2D eigenvalue weighted by Gasteiger charge is -2.12. The third kappa shape index (κ3) is 4.12. The number of non-ortho nitro benzene ring substituents is 1. The van der Waals surface area contributed by atoms with Crippen LogP contribution in [0.25, 0.3) is 6.08 Å². The molecule has 1 aliphatic rings. The summed E-state index contributed by atoms with van der Waals surface area (Å²) in [5.74, 6) is -0.0985. The smallest absolute Gasteiger partial charge is 0.293 e. The maximum Gasteiger partial charge on any atom is 0.293 e. The minimum atomic E-state index is -0.539. The Kier molecular flexibility index (Phi) is 5.48. The quantitative estimate of drug-likeness (QED) is 0.414. The predicted octanol–water partition coefficient (Wildman–Crippen LogP) is 4.49. The van der Waals surface area contributed by atoms with Crippen LogP contribution in [0, 0.1) is 10.1 Å². The van der Waals surface area contributed by atoms with E-state index in [4.69, 9.17) is 16.3 Å². The van der Waals surface area contributed by atoms with Gasteiger partial charge in [0.15, 0.2) is 0 Å². The maximum absolute atomic E-state index is 12.6. The number of nitro groups is 1. The van der Waals surface area contributed by atoms with Gasteiger partial charge in [0, 0.05) is 22.7 Å². The Balaban J connectivity index is 1.89. The number of hydrogen-bond acceptors (Lipinski definition) is 6. The minimum Gasteiger partial charge on any atom is -0.496 e. The fourth-order valence-corrected chi connectivity index (χ4v) is 3.45. The van der Waals surface area contributed by atoms with E-state index < -0.39 is 16.1 Å². The lowest BCUT2D eigenvalue weighted by atomic mass is 10.1. The van der Waals surface area contributed by atoms with Crippen LogP contribution in [0.2, 0.25) is 5.02 Å². The topological polar surface area (TPSA) is 89.8 Å². The highest BCUT2D eigenvalue weighted by Gasteiger charge is 2.35. The number of carbonyl (C=O) groups excluding carboxylic acids is 2. The van der Waals surface area contributed by atoms with E-state index in [-0.39, 0.29) is 17.1 Å². The van der Waals surface area contributed by atoms with Gasteiger partial charge in [0.1, 0.15) is 5.75 Å². The number of nitro benzene ring substituents is 1. The van der Waals surface area contributed by atoms with Gasteiger partial charge in [0.05, 0.1) is 23.5 Å². The van der Waals surface area contributed by atoms with Gasteiger partial charge in [-0.15, -0.1) is 0 Å². The summed E-state index contributed by atoms with van der Waals surface area (Å²) in [6, 6.07) is 10.9. The van der Waals surface area contributed by atoms with E-state index in [9.17, 15) is 19.7 Å². The first-order valence-electron chi connectivity index (χ1n) is 7.71. The van der Waals surface area contributed by atoms with Crippen molar-refractivity contribution < 1.29 is 19.2 Å². The molecule has 0 atom stereocenters. The third-order valence-corrected chi connectivity index (χ3v) is 5.00. The highest BCUT2D eigenvalue weighted by molar-refractivity contribution is 8.18. The van der Waals surface area contributed by atoms with Crippen LogP contribution in [0.3, 0.4) is 0 Å². The van der Waals surface area contributed by atoms with Gasteiger partial charge in [0.25, 0.3) is 16.8 Å². The molecule has 0 saturated carbocycles. The van der Waals surface area contributed by atoms with Crippen molar-refractivity contribution in [1.29, 1.82) is 0 Å². The zero-order valence-electron chi connectivity index (χ0n) is 14.0. The summed E-state index contributed by atoms with van der Waals surface area (Å²) in [5, 5.41) is 11.1. The molecule has 1 fully saturated rings. The SMILES string of the molecule is COc1ccc([N+](=O)[O-])cc1/C=C1/SC(=O)N(Cc2ccc(Cl)cc2)C1=O. The molecule has 0 unspecified atom stereocenters. The first-order valence-corrected chi connectivity index (χ1v) is 8.90. The first kappa shape index (κ1) is 18.9. The number of ether oxygens (including phenoxy) is 1. The normalized spacial score (nSPS) is 15.5. The Morgan fingerprint density at radius 3 is 2.56 bits per heavy atom. The summed E-state index contributed by atoms with van der Waals surface area (Å²) in [6.45, 7) is 0.116. The lowest BCUT2D eigenvalue weighted by molar-refractivity contribution is -0.384. The molecule has 0 aliphatic carbocycles. The van der Waals surface area contributed by atoms with Gasteiger partial charge < -0.3 is 4.74 Å². The van der Waals surface area contributed by atoms with Crippen LogP contribution in [0.1, 0.15) is 11.1 Å². The fraction of sp³-hybridized carbons (Fsp3) is 0.111. The van der Waals surface area contributed by atoms with E-state index in [1.54, 1.807) is 24.3 Å². The fourth-order valence-electron chi connectivity index (χ4n) is 2.50. The second-order valence-electron chi connectivity index (χ2n) is 5.58. The molecular formula is C18H13ClN2O5S. The largest absolute Gasteiger partial charge is 0.496 e. The van der Waals surface area contributed by atoms with Crippen LogP contribution in [0.4, 0.5) is 10.5 Å². The first-order chi connectivity index (χ1) is 12.9. The average molecular weight is 405 g/mol. The van der Waals surface area contributed by atoms with Gasteiger partial charge in [0.2, 0.25) is 0 Å². The Hall–Kier alpha value is -2.84. The Morgan fingerprint density at radius 1 is 1.22 bits per heavy atom. The molecule has 138 valence electrons. The van der Waals surface area contributed by atoms with Crippen molar-refractivity contribution in [2.45, 2.75) is 6.54 Å². The van der Waals surface area contributed by atoms with Crippen LogP contribution in [0.15, 0.2) is 47.4 Å². The number of imide groups is 1. The van der Waals surface area contributed by atoms with Crippen molar-refractivity contribution in [2.24, 2.45) is 0 Å². The van der Waals surface area contributed by atoms with Crippen LogP contribution < -0.4 is 4.74 Å². The molecule has 1 aliphatic heterocycles. The lowest BCUT2D eigenvalue weighted by Crippen LogP contribution is -2.27. The predicted molar refractivity (Wildman–Crippen MR) is 103 cm³/mol. The Labute approximate surface area is 163 Å². The summed E-state index contributed by atoms with van der Waals surface area (Å²) in [5.41, 5.74) is 0.974. The number of methoxy groups -OCH3 is 1. The number of nitrogens with zero attached hydrogens (tertiary/aromatic N) is 2. The molecule has 7 nitrogen and oxygen atoms in total. The number of halogens is 1. The molecule has 2 aromatic rings. The molecule has 1 heterocycles. The van der Waals surface area contributed by atoms with Crippen LogP contribution in [-0.2, 0) is 11.3 Å². The van der Waals surface area contributed by atoms with E-state index in [0.29, 0.717) is 16.3 Å². The third-order valence-electron chi connectivity index (χ3n) is 3.84. The summed E-state index contributed by atoms with van der Waals surface area (Å²) < 4.78 is 5.19. The molecule has 0 aromatic heterocycles. The summed E-state index contributed by atoms with van der Waals surface area (Å²) in [6.07, 6.45) is 1.43. The number of carbonyl (C=O) groups is 2. The van der Waals surface area contributed by atoms with Gasteiger partial charge >= 0.3 is 0 Å². The minimum absolute atomic E-state index is 0.116. The highest BCUT2D eigenvalue weighted by atomic mass is 35.5. The number of thioether (sulfide) groups is 1. The second-order valence-corrected chi connectivity index (χ2v) is 7.01. The van der Waals surface area contributed by atoms with Gasteiger partial charge in [-0.05, 0) is 41.6 Å². The average Bonchev–Trinajstić information content (AvgIpc) is 2.90. The van der Waals surface area contributed by atoms with Crippen molar-refractivity contribution in [3.05, 3.63) is 73.6 Å². The molecule has 2 aromatic carbocycles. The molecule has 1 saturated heterocycles. The zero-order valence-corrected chi connectivity index (χ0v) is 15.6.